The number of ketones is 1. The van der Waals surface area contributed by atoms with Crippen LogP contribution in [0.3, 0.4) is 0 Å². The number of carbonyl (C=O) groups is 3. The number of fused-ring (bicyclic) bond motifs is 4. The third kappa shape index (κ3) is 2.85. The lowest BCUT2D eigenvalue weighted by atomic mass is 9.39. The lowest BCUT2D eigenvalue weighted by Crippen LogP contribution is -2.74. The number of benzene rings is 1. The molecule has 11 atom stereocenters. The van der Waals surface area contributed by atoms with Gasteiger partial charge in [-0.15, -0.1) is 0 Å². The Kier molecular flexibility index (Phi) is 5.45. The van der Waals surface area contributed by atoms with Gasteiger partial charge in [0.15, 0.2) is 11.9 Å². The predicted molar refractivity (Wildman–Crippen MR) is 142 cm³/mol. The normalized spacial score (nSPS) is 50.1. The highest BCUT2D eigenvalue weighted by Crippen LogP contribution is 2.76. The van der Waals surface area contributed by atoms with Crippen LogP contribution in [0.25, 0.3) is 0 Å². The second-order valence-electron chi connectivity index (χ2n) is 13.5. The largest absolute Gasteiger partial charge is 0.453 e. The van der Waals surface area contributed by atoms with Gasteiger partial charge in [-0.05, 0) is 61.6 Å². The van der Waals surface area contributed by atoms with Crippen molar-refractivity contribution in [3.8, 4) is 0 Å². The van der Waals surface area contributed by atoms with Crippen molar-refractivity contribution in [2.75, 3.05) is 6.61 Å². The number of ether oxygens (including phenoxy) is 3. The number of carbonyl (C=O) groups excluding carboxylic acids is 3. The maximum Gasteiger partial charge on any atom is 0.338 e. The van der Waals surface area contributed by atoms with Crippen LogP contribution in [0.5, 0.6) is 0 Å². The Morgan fingerprint density at radius 3 is 2.40 bits per heavy atom. The number of aliphatic hydroxyl groups is 2. The van der Waals surface area contributed by atoms with Gasteiger partial charge in [-0.25, -0.2) is 4.79 Å². The molecule has 8 nitrogen and oxygen atoms in total. The van der Waals surface area contributed by atoms with Crippen LogP contribution in [0.15, 0.2) is 41.7 Å². The van der Waals surface area contributed by atoms with Crippen molar-refractivity contribution in [2.45, 2.75) is 83.2 Å². The summed E-state index contributed by atoms with van der Waals surface area (Å²) >= 11 is 0. The summed E-state index contributed by atoms with van der Waals surface area (Å²) in [6.45, 7) is 7.43. The molecule has 0 amide bonds. The van der Waals surface area contributed by atoms with E-state index in [0.29, 0.717) is 37.0 Å². The SMILES string of the molecule is CC(=O)O/C1=C2\C(C)CCC3(O)C(OC(=O)c4ccccc4)C(O)(C4C5COC5CC5CCC54C1=O)C(C)C23C. The van der Waals surface area contributed by atoms with Crippen LogP contribution in [0.1, 0.15) is 70.2 Å². The zero-order valence-electron chi connectivity index (χ0n) is 23.5. The summed E-state index contributed by atoms with van der Waals surface area (Å²) in [5.41, 5.74) is -4.70. The van der Waals surface area contributed by atoms with Gasteiger partial charge in [0.1, 0.15) is 11.2 Å². The first-order chi connectivity index (χ1) is 18.9. The van der Waals surface area contributed by atoms with E-state index in [9.17, 15) is 24.6 Å². The Morgan fingerprint density at radius 2 is 1.80 bits per heavy atom. The maximum absolute atomic E-state index is 14.9. The van der Waals surface area contributed by atoms with Gasteiger partial charge < -0.3 is 24.4 Å². The van der Waals surface area contributed by atoms with Crippen molar-refractivity contribution in [3.63, 3.8) is 0 Å². The molecule has 2 N–H and O–H groups in total. The van der Waals surface area contributed by atoms with Gasteiger partial charge in [0, 0.05) is 35.5 Å². The summed E-state index contributed by atoms with van der Waals surface area (Å²) in [6.07, 6.45) is 1.39. The van der Waals surface area contributed by atoms with Gasteiger partial charge in [-0.1, -0.05) is 39.0 Å². The van der Waals surface area contributed by atoms with E-state index in [0.717, 1.165) is 6.42 Å². The molecule has 1 aliphatic heterocycles. The zero-order valence-corrected chi connectivity index (χ0v) is 23.5. The summed E-state index contributed by atoms with van der Waals surface area (Å²) in [6, 6.07) is 8.59. The first-order valence-corrected chi connectivity index (χ1v) is 14.7. The van der Waals surface area contributed by atoms with Crippen LogP contribution in [0.4, 0.5) is 0 Å². The summed E-state index contributed by atoms with van der Waals surface area (Å²) in [5, 5.41) is 26.1. The van der Waals surface area contributed by atoms with E-state index in [-0.39, 0.29) is 41.8 Å². The highest BCUT2D eigenvalue weighted by Gasteiger charge is 2.84. The summed E-state index contributed by atoms with van der Waals surface area (Å²) in [7, 11) is 0. The van der Waals surface area contributed by atoms with Crippen LogP contribution in [0, 0.1) is 40.4 Å². The predicted octanol–water partition coefficient (Wildman–Crippen LogP) is 3.59. The van der Waals surface area contributed by atoms with Crippen LogP contribution in [-0.2, 0) is 23.8 Å². The molecule has 4 saturated carbocycles. The molecule has 5 fully saturated rings. The van der Waals surface area contributed by atoms with Crippen LogP contribution in [0.2, 0.25) is 0 Å². The van der Waals surface area contributed by atoms with Crippen molar-refractivity contribution >= 4 is 17.7 Å². The van der Waals surface area contributed by atoms with Gasteiger partial charge >= 0.3 is 11.9 Å². The molecule has 6 aliphatic rings. The molecule has 2 bridgehead atoms. The molecule has 1 spiro atoms. The first kappa shape index (κ1) is 26.4. The van der Waals surface area contributed by atoms with Crippen molar-refractivity contribution < 1.29 is 38.8 Å². The number of esters is 2. The minimum Gasteiger partial charge on any atom is -0.453 e. The molecular formula is C32H38O8. The summed E-state index contributed by atoms with van der Waals surface area (Å²) in [5.74, 6) is -3.05. The Hall–Kier alpha value is -2.55. The van der Waals surface area contributed by atoms with Gasteiger partial charge in [-0.2, -0.15) is 0 Å². The third-order valence-corrected chi connectivity index (χ3v) is 12.3. The third-order valence-electron chi connectivity index (χ3n) is 12.3. The molecule has 8 heteroatoms. The number of rotatable bonds is 3. The summed E-state index contributed by atoms with van der Waals surface area (Å²) in [4.78, 5) is 41.0. The minimum absolute atomic E-state index is 0.0398. The Labute approximate surface area is 234 Å². The molecule has 0 aromatic heterocycles. The Bertz CT molecular complexity index is 1340. The van der Waals surface area contributed by atoms with Crippen molar-refractivity contribution in [1.29, 1.82) is 0 Å². The maximum atomic E-state index is 14.9. The highest BCUT2D eigenvalue weighted by molar-refractivity contribution is 6.02. The molecule has 5 aliphatic carbocycles. The topological polar surface area (TPSA) is 119 Å². The van der Waals surface area contributed by atoms with Crippen molar-refractivity contribution in [3.05, 3.63) is 47.2 Å². The lowest BCUT2D eigenvalue weighted by molar-refractivity contribution is -0.294. The molecule has 214 valence electrons. The van der Waals surface area contributed by atoms with Crippen molar-refractivity contribution in [1.82, 2.24) is 0 Å². The molecule has 40 heavy (non-hydrogen) atoms. The molecule has 1 saturated heterocycles. The Balaban J connectivity index is 1.51. The fourth-order valence-electron chi connectivity index (χ4n) is 10.2. The van der Waals surface area contributed by atoms with Crippen molar-refractivity contribution in [2.24, 2.45) is 40.4 Å². The van der Waals surface area contributed by atoms with Gasteiger partial charge in [0.2, 0.25) is 5.78 Å². The fourth-order valence-corrected chi connectivity index (χ4v) is 10.2. The quantitative estimate of drug-likeness (QED) is 0.548. The minimum atomic E-state index is -1.72. The molecule has 1 heterocycles. The van der Waals surface area contributed by atoms with Gasteiger partial charge in [0.05, 0.1) is 18.3 Å². The standard InChI is InChI=1S/C32H38O8/c1-16-10-13-31(36)28(40-27(35)19-8-6-5-7-9-19)32(37)17(2)29(31,4)23(16)24(39-18(3)33)26(34)30-12-11-20(30)14-22-21(15-38-22)25(30)32/h5-9,16-17,20-22,25,28,36-37H,10-15H2,1-4H3/b24-23+. The first-order valence-electron chi connectivity index (χ1n) is 14.7. The second-order valence-corrected chi connectivity index (χ2v) is 13.5. The monoisotopic (exact) mass is 550 g/mol. The second kappa shape index (κ2) is 8.26. The number of Topliss-reactive ketones (excluding diaryl/α,β-unsaturated/α-hetero) is 1. The van der Waals surface area contributed by atoms with E-state index in [1.54, 1.807) is 30.3 Å². The number of hydrogen-bond donors (Lipinski definition) is 2. The molecule has 0 radical (unpaired) electrons. The van der Waals surface area contributed by atoms with E-state index in [1.807, 2.05) is 20.8 Å². The van der Waals surface area contributed by atoms with E-state index in [1.165, 1.54) is 6.92 Å². The molecular weight excluding hydrogens is 512 g/mol. The highest BCUT2D eigenvalue weighted by atomic mass is 16.6. The van der Waals surface area contributed by atoms with E-state index < -0.39 is 51.9 Å². The smallest absolute Gasteiger partial charge is 0.338 e. The molecule has 7 rings (SSSR count). The van der Waals surface area contributed by atoms with Crippen LogP contribution >= 0.6 is 0 Å². The lowest BCUT2D eigenvalue weighted by Gasteiger charge is -2.67. The van der Waals surface area contributed by atoms with E-state index >= 15 is 0 Å². The molecule has 11 unspecified atom stereocenters. The van der Waals surface area contributed by atoms with Gasteiger partial charge in [-0.3, -0.25) is 9.59 Å². The van der Waals surface area contributed by atoms with Gasteiger partial charge in [0.25, 0.3) is 0 Å². The van der Waals surface area contributed by atoms with Crippen LogP contribution < -0.4 is 0 Å². The molecule has 1 aromatic rings. The average Bonchev–Trinajstić information content (AvgIpc) is 3.02. The number of allylic oxidation sites excluding steroid dienone is 1. The average molecular weight is 551 g/mol. The summed E-state index contributed by atoms with van der Waals surface area (Å²) < 4.78 is 18.1. The fraction of sp³-hybridized carbons (Fsp3) is 0.656. The number of hydrogen-bond acceptors (Lipinski definition) is 8. The van der Waals surface area contributed by atoms with E-state index in [4.69, 9.17) is 14.2 Å². The zero-order chi connectivity index (χ0) is 28.4. The van der Waals surface area contributed by atoms with Crippen LogP contribution in [-0.4, -0.2) is 58.0 Å². The Morgan fingerprint density at radius 1 is 1.07 bits per heavy atom. The van der Waals surface area contributed by atoms with E-state index in [2.05, 4.69) is 0 Å². The molecule has 1 aromatic carbocycles.